The third-order valence-electron chi connectivity index (χ3n) is 4.47. The van der Waals surface area contributed by atoms with Crippen molar-refractivity contribution in [2.24, 2.45) is 4.99 Å². The summed E-state index contributed by atoms with van der Waals surface area (Å²) < 4.78 is 7.85. The molecule has 0 spiro atoms. The monoisotopic (exact) mass is 534 g/mol. The number of ether oxygens (including phenoxy) is 1. The van der Waals surface area contributed by atoms with Gasteiger partial charge in [0.15, 0.2) is 5.96 Å². The molecule has 29 heavy (non-hydrogen) atoms. The Labute approximate surface area is 195 Å². The van der Waals surface area contributed by atoms with Crippen LogP contribution in [0.4, 0.5) is 0 Å². The van der Waals surface area contributed by atoms with Gasteiger partial charge in [0.05, 0.1) is 13.1 Å². The first-order valence-electron chi connectivity index (χ1n) is 9.80. The molecule has 0 saturated carbocycles. The summed E-state index contributed by atoms with van der Waals surface area (Å²) in [5.41, 5.74) is 0. The summed E-state index contributed by atoms with van der Waals surface area (Å²) in [5, 5.41) is 12.3. The first kappa shape index (κ1) is 25.5. The highest BCUT2D eigenvalue weighted by molar-refractivity contribution is 14.0. The van der Waals surface area contributed by atoms with E-state index in [1.54, 1.807) is 6.33 Å². The predicted molar refractivity (Wildman–Crippen MR) is 130 cm³/mol. The molecule has 1 heterocycles. The third kappa shape index (κ3) is 8.77. The maximum atomic E-state index is 5.91. The Morgan fingerprint density at radius 1 is 1.31 bits per heavy atom. The van der Waals surface area contributed by atoms with Gasteiger partial charge < -0.3 is 19.5 Å². The van der Waals surface area contributed by atoms with Gasteiger partial charge in [-0.3, -0.25) is 4.99 Å². The van der Waals surface area contributed by atoms with Gasteiger partial charge >= 0.3 is 0 Å². The van der Waals surface area contributed by atoms with Crippen molar-refractivity contribution >= 4 is 41.5 Å². The van der Waals surface area contributed by atoms with Crippen molar-refractivity contribution in [3.63, 3.8) is 0 Å². The molecule has 1 aromatic heterocycles. The molecular weight excluding hydrogens is 503 g/mol. The van der Waals surface area contributed by atoms with Gasteiger partial charge in [0, 0.05) is 31.1 Å². The minimum atomic E-state index is 0. The molecule has 1 atom stereocenters. The fraction of sp³-hybridized carbons (Fsp3) is 0.550. The van der Waals surface area contributed by atoms with E-state index in [1.807, 2.05) is 35.9 Å². The first-order valence-corrected chi connectivity index (χ1v) is 10.2. The minimum absolute atomic E-state index is 0. The van der Waals surface area contributed by atoms with Gasteiger partial charge in [-0.2, -0.15) is 0 Å². The van der Waals surface area contributed by atoms with Crippen LogP contribution in [-0.2, 0) is 13.0 Å². The Morgan fingerprint density at radius 3 is 2.69 bits per heavy atom. The molecule has 1 N–H and O–H groups in total. The summed E-state index contributed by atoms with van der Waals surface area (Å²) in [6.07, 6.45) is 3.66. The molecule has 0 radical (unpaired) electrons. The van der Waals surface area contributed by atoms with Crippen LogP contribution in [0.1, 0.15) is 33.0 Å². The predicted octanol–water partition coefficient (Wildman–Crippen LogP) is 3.87. The molecule has 2 aromatic rings. The van der Waals surface area contributed by atoms with Crippen LogP contribution in [0.3, 0.4) is 0 Å². The summed E-state index contributed by atoms with van der Waals surface area (Å²) >= 11 is 5.91. The van der Waals surface area contributed by atoms with Gasteiger partial charge in [0.25, 0.3) is 0 Å². The summed E-state index contributed by atoms with van der Waals surface area (Å²) in [5.74, 6) is 2.67. The van der Waals surface area contributed by atoms with Gasteiger partial charge in [-0.05, 0) is 37.6 Å². The number of hydrogen-bond donors (Lipinski definition) is 1. The molecule has 0 bridgehead atoms. The molecule has 0 aliphatic heterocycles. The van der Waals surface area contributed by atoms with Gasteiger partial charge in [-0.1, -0.05) is 25.4 Å². The van der Waals surface area contributed by atoms with E-state index in [2.05, 4.69) is 41.2 Å². The number of nitrogens with one attached hydrogen (secondary N) is 1. The van der Waals surface area contributed by atoms with Crippen molar-refractivity contribution in [3.05, 3.63) is 41.4 Å². The standard InChI is InChI=1S/C20H31ClN6O.HI/c1-5-16(3)24-20(22-11-12-27-15-23-25-19(27)6-2)26(4)13-14-28-18-9-7-17(21)8-10-18;/h7-10,15-16H,5-6,11-14H2,1-4H3,(H,22,24);1H. The van der Waals surface area contributed by atoms with Crippen molar-refractivity contribution < 1.29 is 4.74 Å². The van der Waals surface area contributed by atoms with Crippen LogP contribution in [0.25, 0.3) is 0 Å². The maximum Gasteiger partial charge on any atom is 0.194 e. The fourth-order valence-electron chi connectivity index (χ4n) is 2.54. The second-order valence-corrected chi connectivity index (χ2v) is 7.11. The average Bonchev–Trinajstić information content (AvgIpc) is 3.16. The maximum absolute atomic E-state index is 5.91. The Bertz CT molecular complexity index is 737. The highest BCUT2D eigenvalue weighted by atomic mass is 127. The molecule has 7 nitrogen and oxygen atoms in total. The lowest BCUT2D eigenvalue weighted by Gasteiger charge is -2.25. The van der Waals surface area contributed by atoms with Gasteiger partial charge in [-0.25, -0.2) is 0 Å². The largest absolute Gasteiger partial charge is 0.492 e. The Balaban J connectivity index is 0.00000420. The number of rotatable bonds is 10. The molecule has 0 saturated heterocycles. The fourth-order valence-corrected chi connectivity index (χ4v) is 2.67. The first-order chi connectivity index (χ1) is 13.5. The summed E-state index contributed by atoms with van der Waals surface area (Å²) in [7, 11) is 2.02. The molecule has 162 valence electrons. The normalized spacial score (nSPS) is 12.2. The lowest BCUT2D eigenvalue weighted by atomic mass is 10.3. The minimum Gasteiger partial charge on any atom is -0.492 e. The second-order valence-electron chi connectivity index (χ2n) is 6.68. The van der Waals surface area contributed by atoms with Crippen molar-refractivity contribution in [2.75, 3.05) is 26.7 Å². The van der Waals surface area contributed by atoms with Crippen LogP contribution in [0.5, 0.6) is 5.75 Å². The molecule has 0 fully saturated rings. The van der Waals surface area contributed by atoms with Gasteiger partial charge in [-0.15, -0.1) is 34.2 Å². The summed E-state index contributed by atoms with van der Waals surface area (Å²) in [4.78, 5) is 6.87. The van der Waals surface area contributed by atoms with Crippen molar-refractivity contribution in [1.29, 1.82) is 0 Å². The number of likely N-dealkylation sites (N-methyl/N-ethyl adjacent to an activating group) is 1. The van der Waals surface area contributed by atoms with Crippen LogP contribution in [0.2, 0.25) is 5.02 Å². The molecule has 2 rings (SSSR count). The molecule has 1 unspecified atom stereocenters. The van der Waals surface area contributed by atoms with E-state index in [0.29, 0.717) is 24.2 Å². The molecular formula is C20H32ClIN6O. The average molecular weight is 535 g/mol. The zero-order valence-corrected chi connectivity index (χ0v) is 20.7. The summed E-state index contributed by atoms with van der Waals surface area (Å²) in [6.45, 7) is 9.09. The number of aryl methyl sites for hydroxylation is 1. The van der Waals surface area contributed by atoms with Gasteiger partial charge in [0.1, 0.15) is 24.5 Å². The van der Waals surface area contributed by atoms with E-state index in [0.717, 1.165) is 43.5 Å². The van der Waals surface area contributed by atoms with E-state index in [9.17, 15) is 0 Å². The number of benzene rings is 1. The quantitative estimate of drug-likeness (QED) is 0.285. The zero-order chi connectivity index (χ0) is 20.4. The Hall–Kier alpha value is -1.55. The highest BCUT2D eigenvalue weighted by Crippen LogP contribution is 2.15. The van der Waals surface area contributed by atoms with Crippen molar-refractivity contribution in [3.8, 4) is 5.75 Å². The molecule has 9 heteroatoms. The zero-order valence-electron chi connectivity index (χ0n) is 17.6. The third-order valence-corrected chi connectivity index (χ3v) is 4.72. The van der Waals surface area contributed by atoms with Crippen LogP contribution in [0, 0.1) is 0 Å². The van der Waals surface area contributed by atoms with E-state index in [4.69, 9.17) is 21.3 Å². The van der Waals surface area contributed by atoms with Crippen LogP contribution < -0.4 is 10.1 Å². The van der Waals surface area contributed by atoms with Crippen LogP contribution >= 0.6 is 35.6 Å². The number of halogens is 2. The molecule has 0 amide bonds. The second kappa shape index (κ2) is 13.6. The highest BCUT2D eigenvalue weighted by Gasteiger charge is 2.10. The smallest absolute Gasteiger partial charge is 0.194 e. The molecule has 1 aromatic carbocycles. The number of aromatic nitrogens is 3. The van der Waals surface area contributed by atoms with E-state index in [1.165, 1.54) is 0 Å². The van der Waals surface area contributed by atoms with Crippen LogP contribution in [0.15, 0.2) is 35.6 Å². The van der Waals surface area contributed by atoms with Crippen molar-refractivity contribution in [1.82, 2.24) is 25.0 Å². The summed E-state index contributed by atoms with van der Waals surface area (Å²) in [6, 6.07) is 7.75. The Morgan fingerprint density at radius 2 is 2.03 bits per heavy atom. The lowest BCUT2D eigenvalue weighted by Crippen LogP contribution is -2.44. The van der Waals surface area contributed by atoms with Gasteiger partial charge in [0.2, 0.25) is 0 Å². The molecule has 0 aliphatic rings. The topological polar surface area (TPSA) is 67.6 Å². The van der Waals surface area contributed by atoms with E-state index in [-0.39, 0.29) is 24.0 Å². The number of hydrogen-bond acceptors (Lipinski definition) is 4. The molecule has 0 aliphatic carbocycles. The van der Waals surface area contributed by atoms with Crippen molar-refractivity contribution in [2.45, 2.75) is 46.2 Å². The number of guanidine groups is 1. The van der Waals surface area contributed by atoms with E-state index < -0.39 is 0 Å². The SMILES string of the molecule is CCc1nncn1CCN=C(NC(C)CC)N(C)CCOc1ccc(Cl)cc1.I. The Kier molecular flexibility index (Phi) is 12.0. The van der Waals surface area contributed by atoms with Crippen LogP contribution in [-0.4, -0.2) is 58.4 Å². The number of nitrogens with zero attached hydrogens (tertiary/aromatic N) is 5. The van der Waals surface area contributed by atoms with E-state index >= 15 is 0 Å². The lowest BCUT2D eigenvalue weighted by molar-refractivity contribution is 0.280. The number of aliphatic imine (C=N–C) groups is 1.